The number of hydrogen-bond acceptors (Lipinski definition) is 1. The minimum atomic E-state index is 0.0191. The minimum absolute atomic E-state index is 0.0191. The third-order valence-electron chi connectivity index (χ3n) is 4.99. The van der Waals surface area contributed by atoms with Crippen LogP contribution in [0.5, 0.6) is 0 Å². The van der Waals surface area contributed by atoms with E-state index in [1.807, 2.05) is 11.8 Å². The van der Waals surface area contributed by atoms with Crippen molar-refractivity contribution in [1.29, 1.82) is 0 Å². The lowest BCUT2D eigenvalue weighted by atomic mass is 9.58. The van der Waals surface area contributed by atoms with Crippen LogP contribution in [-0.2, 0) is 5.41 Å². The third-order valence-corrected chi connectivity index (χ3v) is 5.60. The second-order valence-electron chi connectivity index (χ2n) is 6.48. The van der Waals surface area contributed by atoms with Crippen LogP contribution in [0.2, 0.25) is 0 Å². The highest BCUT2D eigenvalue weighted by Gasteiger charge is 2.43. The molecule has 0 radical (unpaired) electrons. The number of benzene rings is 2. The summed E-state index contributed by atoms with van der Waals surface area (Å²) in [6.07, 6.45) is 3.40. The van der Waals surface area contributed by atoms with E-state index < -0.39 is 0 Å². The maximum absolute atomic E-state index is 2.41. The van der Waals surface area contributed by atoms with Crippen molar-refractivity contribution in [3.05, 3.63) is 71.8 Å². The van der Waals surface area contributed by atoms with Crippen LogP contribution < -0.4 is 0 Å². The second-order valence-corrected chi connectivity index (χ2v) is 7.47. The molecule has 0 amide bonds. The van der Waals surface area contributed by atoms with E-state index in [4.69, 9.17) is 0 Å². The predicted octanol–water partition coefficient (Wildman–Crippen LogP) is 5.77. The molecule has 0 saturated carbocycles. The number of rotatable bonds is 6. The molecule has 2 rings (SSSR count). The van der Waals surface area contributed by atoms with E-state index in [0.717, 1.165) is 0 Å². The fourth-order valence-electron chi connectivity index (χ4n) is 3.10. The molecule has 1 heteroatoms. The van der Waals surface area contributed by atoms with Crippen molar-refractivity contribution >= 4 is 11.8 Å². The Morgan fingerprint density at radius 1 is 0.762 bits per heavy atom. The highest BCUT2D eigenvalue weighted by Crippen LogP contribution is 2.49. The normalized spacial score (nSPS) is 12.4. The number of thioether (sulfide) groups is 1. The summed E-state index contributed by atoms with van der Waals surface area (Å²) in [7, 11) is 0. The van der Waals surface area contributed by atoms with Crippen LogP contribution in [0.1, 0.15) is 38.3 Å². The molecule has 0 aliphatic heterocycles. The molecule has 2 aromatic rings. The Kier molecular flexibility index (Phi) is 5.16. The maximum Gasteiger partial charge on any atom is 0.0225 e. The highest BCUT2D eigenvalue weighted by molar-refractivity contribution is 7.98. The summed E-state index contributed by atoms with van der Waals surface area (Å²) in [4.78, 5) is 0. The summed E-state index contributed by atoms with van der Waals surface area (Å²) < 4.78 is 0. The molecule has 2 aromatic carbocycles. The van der Waals surface area contributed by atoms with Gasteiger partial charge in [-0.15, -0.1) is 0 Å². The predicted molar refractivity (Wildman–Crippen MR) is 96.1 cm³/mol. The zero-order valence-corrected chi connectivity index (χ0v) is 14.4. The topological polar surface area (TPSA) is 0 Å². The average molecular weight is 298 g/mol. The van der Waals surface area contributed by atoms with Crippen molar-refractivity contribution in [1.82, 2.24) is 0 Å². The SMILES string of the molecule is CSCCC(C)(C)C(C)(c1ccccc1)c1ccccc1. The van der Waals surface area contributed by atoms with Crippen molar-refractivity contribution in [3.8, 4) is 0 Å². The summed E-state index contributed by atoms with van der Waals surface area (Å²) in [5.74, 6) is 1.20. The molecule has 0 fully saturated rings. The smallest absolute Gasteiger partial charge is 0.0225 e. The zero-order valence-electron chi connectivity index (χ0n) is 13.6. The van der Waals surface area contributed by atoms with E-state index in [1.54, 1.807) is 0 Å². The molecule has 0 unspecified atom stereocenters. The van der Waals surface area contributed by atoms with Gasteiger partial charge >= 0.3 is 0 Å². The van der Waals surface area contributed by atoms with Crippen molar-refractivity contribution in [2.45, 2.75) is 32.6 Å². The first kappa shape index (κ1) is 16.2. The van der Waals surface area contributed by atoms with Crippen LogP contribution in [-0.4, -0.2) is 12.0 Å². The molecule has 0 aliphatic carbocycles. The quantitative estimate of drug-likeness (QED) is 0.652. The van der Waals surface area contributed by atoms with E-state index in [1.165, 1.54) is 23.3 Å². The Morgan fingerprint density at radius 3 is 1.57 bits per heavy atom. The van der Waals surface area contributed by atoms with Crippen molar-refractivity contribution in [2.24, 2.45) is 5.41 Å². The molecule has 0 nitrogen and oxygen atoms in total. The summed E-state index contributed by atoms with van der Waals surface area (Å²) in [6, 6.07) is 21.9. The van der Waals surface area contributed by atoms with Crippen LogP contribution >= 0.6 is 11.8 Å². The van der Waals surface area contributed by atoms with Crippen LogP contribution in [0.3, 0.4) is 0 Å². The van der Waals surface area contributed by atoms with Crippen LogP contribution in [0.15, 0.2) is 60.7 Å². The van der Waals surface area contributed by atoms with Gasteiger partial charge in [-0.1, -0.05) is 81.4 Å². The summed E-state index contributed by atoms with van der Waals surface area (Å²) in [5, 5.41) is 0. The first-order valence-corrected chi connectivity index (χ1v) is 9.02. The molecule has 112 valence electrons. The van der Waals surface area contributed by atoms with Gasteiger partial charge in [-0.2, -0.15) is 11.8 Å². The molecule has 0 atom stereocenters. The molecule has 0 N–H and O–H groups in total. The van der Waals surface area contributed by atoms with Gasteiger partial charge in [-0.25, -0.2) is 0 Å². The van der Waals surface area contributed by atoms with Gasteiger partial charge in [0.25, 0.3) is 0 Å². The number of hydrogen-bond donors (Lipinski definition) is 0. The molecule has 0 bridgehead atoms. The fourth-order valence-corrected chi connectivity index (χ4v) is 3.81. The zero-order chi connectivity index (χ0) is 15.3. The van der Waals surface area contributed by atoms with Crippen LogP contribution in [0.25, 0.3) is 0 Å². The van der Waals surface area contributed by atoms with Gasteiger partial charge in [-0.3, -0.25) is 0 Å². The monoisotopic (exact) mass is 298 g/mol. The summed E-state index contributed by atoms with van der Waals surface area (Å²) >= 11 is 1.93. The molecule has 21 heavy (non-hydrogen) atoms. The van der Waals surface area contributed by atoms with E-state index in [0.29, 0.717) is 0 Å². The lowest BCUT2D eigenvalue weighted by molar-refractivity contribution is 0.212. The van der Waals surface area contributed by atoms with Crippen LogP contribution in [0, 0.1) is 5.41 Å². The van der Waals surface area contributed by atoms with Crippen molar-refractivity contribution in [3.63, 3.8) is 0 Å². The van der Waals surface area contributed by atoms with Gasteiger partial charge in [-0.05, 0) is 35.0 Å². The first-order valence-electron chi connectivity index (χ1n) is 7.62. The molecule has 0 spiro atoms. The van der Waals surface area contributed by atoms with Gasteiger partial charge in [0.1, 0.15) is 0 Å². The van der Waals surface area contributed by atoms with Crippen molar-refractivity contribution in [2.75, 3.05) is 12.0 Å². The Hall–Kier alpha value is -1.21. The molecule has 0 aromatic heterocycles. The van der Waals surface area contributed by atoms with E-state index in [-0.39, 0.29) is 10.8 Å². The maximum atomic E-state index is 2.41. The van der Waals surface area contributed by atoms with Gasteiger partial charge in [0.2, 0.25) is 0 Å². The van der Waals surface area contributed by atoms with E-state index in [2.05, 4.69) is 87.7 Å². The Labute approximate surface area is 134 Å². The first-order chi connectivity index (χ1) is 10.0. The van der Waals surface area contributed by atoms with Gasteiger partial charge < -0.3 is 0 Å². The van der Waals surface area contributed by atoms with Crippen LogP contribution in [0.4, 0.5) is 0 Å². The molecule has 0 heterocycles. The molecular formula is C20H26S. The molecular weight excluding hydrogens is 272 g/mol. The summed E-state index contributed by atoms with van der Waals surface area (Å²) in [6.45, 7) is 7.21. The standard InChI is InChI=1S/C20H26S/c1-19(2,15-16-21-4)20(3,17-11-7-5-8-12-17)18-13-9-6-10-14-18/h5-14H,15-16H2,1-4H3. The van der Waals surface area contributed by atoms with Crippen molar-refractivity contribution < 1.29 is 0 Å². The fraction of sp³-hybridized carbons (Fsp3) is 0.400. The average Bonchev–Trinajstić information content (AvgIpc) is 2.53. The molecule has 0 saturated heterocycles. The minimum Gasteiger partial charge on any atom is -0.165 e. The lowest BCUT2D eigenvalue weighted by Crippen LogP contribution is -2.41. The third kappa shape index (κ3) is 3.18. The summed E-state index contributed by atoms with van der Waals surface area (Å²) in [5.41, 5.74) is 3.02. The van der Waals surface area contributed by atoms with Gasteiger partial charge in [0.15, 0.2) is 0 Å². The second kappa shape index (κ2) is 6.70. The Morgan fingerprint density at radius 2 is 1.19 bits per heavy atom. The Bertz CT molecular complexity index is 503. The van der Waals surface area contributed by atoms with E-state index >= 15 is 0 Å². The van der Waals surface area contributed by atoms with Gasteiger partial charge in [0.05, 0.1) is 0 Å². The molecule has 0 aliphatic rings. The lowest BCUT2D eigenvalue weighted by Gasteiger charge is -2.46. The van der Waals surface area contributed by atoms with Gasteiger partial charge in [0, 0.05) is 5.41 Å². The Balaban J connectivity index is 2.55. The van der Waals surface area contributed by atoms with E-state index in [9.17, 15) is 0 Å². The highest BCUT2D eigenvalue weighted by atomic mass is 32.2. The largest absolute Gasteiger partial charge is 0.165 e.